The fraction of sp³-hybridized carbons (Fsp3) is 0.200. The third-order valence-corrected chi connectivity index (χ3v) is 3.61. The van der Waals surface area contributed by atoms with Crippen molar-refractivity contribution in [3.05, 3.63) is 57.8 Å². The number of benzene rings is 1. The van der Waals surface area contributed by atoms with Crippen LogP contribution >= 0.6 is 11.3 Å². The molecule has 0 spiro atoms. The lowest BCUT2D eigenvalue weighted by Crippen LogP contribution is -2.07. The predicted octanol–water partition coefficient (Wildman–Crippen LogP) is 3.35. The minimum absolute atomic E-state index is 0.0792. The monoisotopic (exact) mass is 274 g/mol. The minimum Gasteiger partial charge on any atom is -0.380 e. The van der Waals surface area contributed by atoms with E-state index in [0.717, 1.165) is 5.56 Å². The Hall–Kier alpha value is -1.78. The van der Waals surface area contributed by atoms with E-state index in [2.05, 4.69) is 0 Å². The smallest absolute Gasteiger partial charge is 0.180 e. The molecule has 0 unspecified atom stereocenters. The van der Waals surface area contributed by atoms with E-state index in [9.17, 15) is 9.59 Å². The largest absolute Gasteiger partial charge is 0.380 e. The molecule has 0 saturated carbocycles. The van der Waals surface area contributed by atoms with Gasteiger partial charge in [0.1, 0.15) is 0 Å². The van der Waals surface area contributed by atoms with Crippen molar-refractivity contribution in [3.8, 4) is 0 Å². The van der Waals surface area contributed by atoms with E-state index < -0.39 is 0 Å². The molecular weight excluding hydrogens is 260 g/mol. The summed E-state index contributed by atoms with van der Waals surface area (Å²) in [5.74, 6) is -0.275. The predicted molar refractivity (Wildman–Crippen MR) is 74.8 cm³/mol. The van der Waals surface area contributed by atoms with Crippen molar-refractivity contribution in [2.75, 3.05) is 7.11 Å². The summed E-state index contributed by atoms with van der Waals surface area (Å²) < 4.78 is 5.00. The maximum absolute atomic E-state index is 12.0. The van der Waals surface area contributed by atoms with Crippen LogP contribution in [0.5, 0.6) is 0 Å². The molecule has 0 saturated heterocycles. The number of carbonyl (C=O) groups is 2. The van der Waals surface area contributed by atoms with Gasteiger partial charge in [0.2, 0.25) is 0 Å². The average molecular weight is 274 g/mol. The summed E-state index contributed by atoms with van der Waals surface area (Å²) >= 11 is 1.36. The van der Waals surface area contributed by atoms with Crippen LogP contribution < -0.4 is 0 Å². The lowest BCUT2D eigenvalue weighted by atomic mass is 10.0. The van der Waals surface area contributed by atoms with Crippen molar-refractivity contribution < 1.29 is 14.3 Å². The molecule has 0 bridgehead atoms. The van der Waals surface area contributed by atoms with E-state index in [-0.39, 0.29) is 18.0 Å². The van der Waals surface area contributed by atoms with E-state index in [1.807, 2.05) is 23.6 Å². The van der Waals surface area contributed by atoms with Crippen LogP contribution in [-0.2, 0) is 11.3 Å². The van der Waals surface area contributed by atoms with Gasteiger partial charge in [0.15, 0.2) is 11.6 Å². The zero-order valence-corrected chi connectivity index (χ0v) is 11.4. The molecule has 0 aliphatic rings. The number of Topliss-reactive ketones (excluding diaryl/α,β-unsaturated/α-hetero) is 2. The molecular formula is C15H14O3S. The molecule has 2 rings (SSSR count). The Kier molecular flexibility index (Phi) is 4.60. The van der Waals surface area contributed by atoms with Crippen LogP contribution in [0, 0.1) is 0 Å². The molecule has 0 aliphatic heterocycles. The Morgan fingerprint density at radius 1 is 1.11 bits per heavy atom. The highest BCUT2D eigenvalue weighted by atomic mass is 32.1. The summed E-state index contributed by atoms with van der Waals surface area (Å²) in [5.41, 5.74) is 1.56. The highest BCUT2D eigenvalue weighted by Gasteiger charge is 2.14. The first-order valence-electron chi connectivity index (χ1n) is 5.88. The third kappa shape index (κ3) is 3.59. The number of rotatable bonds is 6. The first-order chi connectivity index (χ1) is 9.20. The lowest BCUT2D eigenvalue weighted by molar-refractivity contribution is 0.0896. The van der Waals surface area contributed by atoms with Gasteiger partial charge in [0.05, 0.1) is 17.9 Å². The molecule has 0 amide bonds. The Morgan fingerprint density at radius 3 is 2.42 bits per heavy atom. The van der Waals surface area contributed by atoms with Crippen LogP contribution in [0.4, 0.5) is 0 Å². The maximum Gasteiger partial charge on any atom is 0.180 e. The number of hydrogen-bond donors (Lipinski definition) is 0. The summed E-state index contributed by atoms with van der Waals surface area (Å²) in [6.07, 6.45) is -0.0792. The van der Waals surface area contributed by atoms with Crippen LogP contribution in [0.3, 0.4) is 0 Å². The summed E-state index contributed by atoms with van der Waals surface area (Å²) in [5, 5.41) is 1.83. The normalized spacial score (nSPS) is 10.4. The number of hydrogen-bond acceptors (Lipinski definition) is 4. The molecule has 0 atom stereocenters. The van der Waals surface area contributed by atoms with Crippen LogP contribution in [0.2, 0.25) is 0 Å². The van der Waals surface area contributed by atoms with Crippen molar-refractivity contribution in [1.29, 1.82) is 0 Å². The molecule has 1 aromatic heterocycles. The van der Waals surface area contributed by atoms with E-state index in [1.54, 1.807) is 25.3 Å². The second-order valence-corrected chi connectivity index (χ2v) is 5.08. The third-order valence-electron chi connectivity index (χ3n) is 2.70. The van der Waals surface area contributed by atoms with Gasteiger partial charge in [-0.15, -0.1) is 11.3 Å². The molecule has 0 aliphatic carbocycles. The zero-order chi connectivity index (χ0) is 13.7. The van der Waals surface area contributed by atoms with Crippen LogP contribution in [0.15, 0.2) is 41.8 Å². The molecule has 2 aromatic rings. The van der Waals surface area contributed by atoms with E-state index in [4.69, 9.17) is 4.74 Å². The zero-order valence-electron chi connectivity index (χ0n) is 10.6. The van der Waals surface area contributed by atoms with Gasteiger partial charge in [0.25, 0.3) is 0 Å². The van der Waals surface area contributed by atoms with E-state index in [0.29, 0.717) is 17.0 Å². The molecule has 0 fully saturated rings. The van der Waals surface area contributed by atoms with Crippen molar-refractivity contribution in [1.82, 2.24) is 0 Å². The summed E-state index contributed by atoms with van der Waals surface area (Å²) in [4.78, 5) is 24.4. The molecule has 0 radical (unpaired) electrons. The average Bonchev–Trinajstić information content (AvgIpc) is 2.94. The van der Waals surface area contributed by atoms with Crippen LogP contribution in [-0.4, -0.2) is 18.7 Å². The first kappa shape index (κ1) is 13.6. The minimum atomic E-state index is -0.151. The van der Waals surface area contributed by atoms with Gasteiger partial charge in [-0.05, 0) is 17.0 Å². The van der Waals surface area contributed by atoms with Crippen molar-refractivity contribution >= 4 is 22.9 Å². The van der Waals surface area contributed by atoms with Gasteiger partial charge in [-0.25, -0.2) is 0 Å². The molecule has 19 heavy (non-hydrogen) atoms. The van der Waals surface area contributed by atoms with Gasteiger partial charge >= 0.3 is 0 Å². The molecule has 4 heteroatoms. The number of carbonyl (C=O) groups excluding carboxylic acids is 2. The van der Waals surface area contributed by atoms with Crippen molar-refractivity contribution in [2.24, 2.45) is 0 Å². The molecule has 1 aromatic carbocycles. The molecule has 98 valence electrons. The number of methoxy groups -OCH3 is 1. The first-order valence-corrected chi connectivity index (χ1v) is 6.76. The van der Waals surface area contributed by atoms with Crippen molar-refractivity contribution in [3.63, 3.8) is 0 Å². The second kappa shape index (κ2) is 6.41. The van der Waals surface area contributed by atoms with Gasteiger partial charge < -0.3 is 4.74 Å². The number of thiophene rings is 1. The number of ether oxygens (including phenoxy) is 1. The highest BCUT2D eigenvalue weighted by Crippen LogP contribution is 2.14. The number of ketones is 2. The molecule has 1 heterocycles. The van der Waals surface area contributed by atoms with Crippen LogP contribution in [0.25, 0.3) is 0 Å². The Balaban J connectivity index is 2.01. The highest BCUT2D eigenvalue weighted by molar-refractivity contribution is 7.12. The van der Waals surface area contributed by atoms with Crippen molar-refractivity contribution in [2.45, 2.75) is 13.0 Å². The standard InChI is InChI=1S/C15H14O3S/c1-18-10-11-4-6-12(7-5-11)13(16)9-14(17)15-3-2-8-19-15/h2-8H,9-10H2,1H3. The van der Waals surface area contributed by atoms with Gasteiger partial charge in [0, 0.05) is 12.7 Å². The Labute approximate surface area is 115 Å². The summed E-state index contributed by atoms with van der Waals surface area (Å²) in [7, 11) is 1.62. The fourth-order valence-electron chi connectivity index (χ4n) is 1.73. The SMILES string of the molecule is COCc1ccc(C(=O)CC(=O)c2cccs2)cc1. The topological polar surface area (TPSA) is 43.4 Å². The van der Waals surface area contributed by atoms with E-state index in [1.165, 1.54) is 11.3 Å². The fourth-order valence-corrected chi connectivity index (χ4v) is 2.39. The quantitative estimate of drug-likeness (QED) is 0.599. The van der Waals surface area contributed by atoms with Gasteiger partial charge in [-0.1, -0.05) is 30.3 Å². The van der Waals surface area contributed by atoms with Gasteiger partial charge in [-0.2, -0.15) is 0 Å². The van der Waals surface area contributed by atoms with Crippen LogP contribution in [0.1, 0.15) is 32.0 Å². The summed E-state index contributed by atoms with van der Waals surface area (Å²) in [6.45, 7) is 0.516. The second-order valence-electron chi connectivity index (χ2n) is 4.13. The summed E-state index contributed by atoms with van der Waals surface area (Å²) in [6, 6.07) is 10.7. The Bertz CT molecular complexity index is 556. The maximum atomic E-state index is 12.0. The molecule has 3 nitrogen and oxygen atoms in total. The lowest BCUT2D eigenvalue weighted by Gasteiger charge is -2.02. The van der Waals surface area contributed by atoms with E-state index >= 15 is 0 Å². The Morgan fingerprint density at radius 2 is 1.84 bits per heavy atom. The van der Waals surface area contributed by atoms with Gasteiger partial charge in [-0.3, -0.25) is 9.59 Å². The molecule has 0 N–H and O–H groups in total.